The monoisotopic (exact) mass is 714 g/mol. The number of nitrogens with one attached hydrogen (secondary N) is 1. The molecule has 296 valence electrons. The Bertz CT molecular complexity index is 1090. The Hall–Kier alpha value is -0.820. The number of hydrogen-bond acceptors (Lipinski definition) is 1. The summed E-state index contributed by atoms with van der Waals surface area (Å²) in [5.74, 6) is 14.0. The third-order valence-corrected chi connectivity index (χ3v) is 17.5. The summed E-state index contributed by atoms with van der Waals surface area (Å²) in [5.41, 5.74) is 0. The van der Waals surface area contributed by atoms with Gasteiger partial charge in [-0.15, -0.1) is 0 Å². The molecule has 6 aliphatic carbocycles. The molecule has 0 saturated heterocycles. The molecule has 10 atom stereocenters. The summed E-state index contributed by atoms with van der Waals surface area (Å²) in [6.07, 6.45) is 48.2. The predicted octanol–water partition coefficient (Wildman–Crippen LogP) is 14.6. The highest BCUT2D eigenvalue weighted by Crippen LogP contribution is 2.59. The zero-order chi connectivity index (χ0) is 36.5. The number of rotatable bonds is 12. The maximum atomic E-state index is 3.92. The van der Waals surface area contributed by atoms with Crippen molar-refractivity contribution in [3.63, 3.8) is 0 Å². The van der Waals surface area contributed by atoms with Gasteiger partial charge in [0, 0.05) is 6.04 Å². The van der Waals surface area contributed by atoms with Crippen LogP contribution in [0.15, 0.2) is 36.5 Å². The summed E-state index contributed by atoms with van der Waals surface area (Å²) >= 11 is 0. The van der Waals surface area contributed by atoms with E-state index in [1.807, 2.05) is 0 Å². The molecule has 10 unspecified atom stereocenters. The molecule has 6 saturated carbocycles. The van der Waals surface area contributed by atoms with E-state index in [1.54, 1.807) is 6.42 Å². The zero-order valence-electron chi connectivity index (χ0n) is 35.5. The van der Waals surface area contributed by atoms with Crippen LogP contribution in [0.5, 0.6) is 0 Å². The van der Waals surface area contributed by atoms with E-state index in [-0.39, 0.29) is 0 Å². The summed E-state index contributed by atoms with van der Waals surface area (Å²) in [7, 11) is 0. The first-order chi connectivity index (χ1) is 25.5. The Balaban J connectivity index is 1.29. The highest BCUT2D eigenvalue weighted by molar-refractivity contribution is 5.07. The minimum absolute atomic E-state index is 0.784. The molecule has 1 nitrogen and oxygen atoms in total. The van der Waals surface area contributed by atoms with Gasteiger partial charge >= 0.3 is 0 Å². The van der Waals surface area contributed by atoms with Gasteiger partial charge < -0.3 is 5.32 Å². The normalized spacial score (nSPS) is 45.6. The molecule has 0 aromatic carbocycles. The second-order valence-corrected chi connectivity index (χ2v) is 20.3. The van der Waals surface area contributed by atoms with Gasteiger partial charge in [-0.2, -0.15) is 0 Å². The molecule has 1 N–H and O–H groups in total. The van der Waals surface area contributed by atoms with Crippen LogP contribution in [-0.2, 0) is 0 Å². The summed E-state index contributed by atoms with van der Waals surface area (Å²) in [5, 5.41) is 3.92. The molecule has 6 fully saturated rings. The Kier molecular flexibility index (Phi) is 16.0. The minimum Gasteiger partial charge on any atom is -0.314 e. The van der Waals surface area contributed by atoms with Gasteiger partial charge in [-0.3, -0.25) is 0 Å². The molecule has 6 rings (SSSR count). The van der Waals surface area contributed by atoms with Gasteiger partial charge in [0.1, 0.15) is 0 Å². The molecule has 0 radical (unpaired) electrons. The van der Waals surface area contributed by atoms with Gasteiger partial charge in [0.2, 0.25) is 0 Å². The lowest BCUT2D eigenvalue weighted by atomic mass is 9.50. The van der Waals surface area contributed by atoms with E-state index >= 15 is 0 Å². The first-order valence-electron chi connectivity index (χ1n) is 24.1. The maximum Gasteiger partial charge on any atom is 0.00672 e. The zero-order valence-corrected chi connectivity index (χ0v) is 35.5. The second-order valence-electron chi connectivity index (χ2n) is 20.3. The third kappa shape index (κ3) is 10.1. The van der Waals surface area contributed by atoms with Crippen LogP contribution in [0.25, 0.3) is 0 Å². The average molecular weight is 714 g/mol. The average Bonchev–Trinajstić information content (AvgIpc) is 3.18. The molecular formula is C51H87N. The van der Waals surface area contributed by atoms with Crippen molar-refractivity contribution in [2.45, 2.75) is 189 Å². The van der Waals surface area contributed by atoms with Gasteiger partial charge in [-0.25, -0.2) is 0 Å². The van der Waals surface area contributed by atoms with Crippen molar-refractivity contribution in [3.05, 3.63) is 36.5 Å². The topological polar surface area (TPSA) is 12.0 Å². The second kappa shape index (κ2) is 20.4. The van der Waals surface area contributed by atoms with Crippen LogP contribution < -0.4 is 5.32 Å². The first-order valence-corrected chi connectivity index (χ1v) is 24.1. The smallest absolute Gasteiger partial charge is 0.00672 e. The third-order valence-electron chi connectivity index (χ3n) is 17.5. The summed E-state index contributed by atoms with van der Waals surface area (Å²) < 4.78 is 0. The Morgan fingerprint density at radius 1 is 0.462 bits per heavy atom. The van der Waals surface area contributed by atoms with E-state index < -0.39 is 0 Å². The molecular weight excluding hydrogens is 627 g/mol. The molecule has 0 spiro atoms. The van der Waals surface area contributed by atoms with Crippen LogP contribution in [0, 0.1) is 88.8 Å². The minimum atomic E-state index is 0.784. The van der Waals surface area contributed by atoms with Crippen molar-refractivity contribution in [2.75, 3.05) is 6.54 Å². The van der Waals surface area contributed by atoms with Crippen molar-refractivity contribution in [2.24, 2.45) is 88.8 Å². The molecule has 52 heavy (non-hydrogen) atoms. The van der Waals surface area contributed by atoms with Gasteiger partial charge in [-0.05, 0) is 225 Å². The predicted molar refractivity (Wildman–Crippen MR) is 227 cm³/mol. The molecule has 0 aromatic rings. The fourth-order valence-corrected chi connectivity index (χ4v) is 14.7. The summed E-state index contributed by atoms with van der Waals surface area (Å²) in [6.45, 7) is 15.5. The largest absolute Gasteiger partial charge is 0.314 e. The molecule has 0 amide bonds. The van der Waals surface area contributed by atoms with Gasteiger partial charge in [0.25, 0.3) is 0 Å². The molecule has 1 heteroatoms. The van der Waals surface area contributed by atoms with Crippen LogP contribution in [0.2, 0.25) is 0 Å². The van der Waals surface area contributed by atoms with Crippen LogP contribution in [0.1, 0.15) is 183 Å². The first kappa shape index (κ1) is 40.8. The Morgan fingerprint density at radius 2 is 1.06 bits per heavy atom. The van der Waals surface area contributed by atoms with E-state index in [1.165, 1.54) is 141 Å². The van der Waals surface area contributed by atoms with Gasteiger partial charge in [0.15, 0.2) is 0 Å². The highest BCUT2D eigenvalue weighted by atomic mass is 14.9. The van der Waals surface area contributed by atoms with Crippen molar-refractivity contribution in [1.29, 1.82) is 0 Å². The van der Waals surface area contributed by atoms with E-state index in [4.69, 9.17) is 0 Å². The lowest BCUT2D eigenvalue weighted by molar-refractivity contribution is -0.0481. The van der Waals surface area contributed by atoms with Crippen LogP contribution in [0.3, 0.4) is 0 Å². The van der Waals surface area contributed by atoms with Crippen molar-refractivity contribution in [3.8, 4) is 0 Å². The van der Waals surface area contributed by atoms with E-state index in [9.17, 15) is 0 Å². The van der Waals surface area contributed by atoms with E-state index in [0.29, 0.717) is 0 Å². The fraction of sp³-hybridized carbons (Fsp3) is 0.882. The van der Waals surface area contributed by atoms with Gasteiger partial charge in [0.05, 0.1) is 0 Å². The van der Waals surface area contributed by atoms with Crippen LogP contribution in [-0.4, -0.2) is 12.6 Å². The number of allylic oxidation sites excluding steroid dienone is 6. The van der Waals surface area contributed by atoms with Crippen LogP contribution >= 0.6 is 0 Å². The quantitative estimate of drug-likeness (QED) is 0.199. The lowest BCUT2D eigenvalue weighted by Crippen LogP contribution is -2.48. The fourth-order valence-electron chi connectivity index (χ4n) is 14.7. The van der Waals surface area contributed by atoms with Gasteiger partial charge in [-0.1, -0.05) is 89.3 Å². The molecule has 0 bridgehead atoms. The standard InChI is InChI=1S/C51H87N/c1-7-12-38-19-30-46(41-26-28-45(29-27-41)52-31-10-4)50(32-38)51-34-44(14-9-3)49(35-48(51)42-22-17-37(11-5)18-23-42)47-33-43(25-24-40(47)13-8-2)39-20-15-36(6)16-21-39/h7-9,12-14,36-52H,10-11,15-35H2,1-6H3/b12-7+,13-8+,14-9+. The maximum absolute atomic E-state index is 3.92. The highest BCUT2D eigenvalue weighted by Gasteiger charge is 2.51. The molecule has 0 aromatic heterocycles. The van der Waals surface area contributed by atoms with Crippen molar-refractivity contribution >= 4 is 0 Å². The Labute approximate surface area is 324 Å². The van der Waals surface area contributed by atoms with E-state index in [0.717, 1.165) is 94.8 Å². The lowest BCUT2D eigenvalue weighted by Gasteiger charge is -2.55. The molecule has 6 aliphatic rings. The SMILES string of the molecule is C/C=C/C1CCC(C2CCC(NCCC)CC2)C(C2CC(/C=C/C)C(C3CC(C4CCC(C)CC4)CCC3/C=C/C)CC2C2CCC(CC)CC2)C1. The number of hydrogen-bond donors (Lipinski definition) is 1. The molecule has 0 aliphatic heterocycles. The summed E-state index contributed by atoms with van der Waals surface area (Å²) in [4.78, 5) is 0. The Morgan fingerprint density at radius 3 is 1.73 bits per heavy atom. The molecule has 0 heterocycles. The summed E-state index contributed by atoms with van der Waals surface area (Å²) in [6, 6.07) is 0.784. The van der Waals surface area contributed by atoms with Crippen LogP contribution in [0.4, 0.5) is 0 Å². The van der Waals surface area contributed by atoms with Crippen molar-refractivity contribution < 1.29 is 0 Å². The van der Waals surface area contributed by atoms with Crippen molar-refractivity contribution in [1.82, 2.24) is 5.32 Å². The van der Waals surface area contributed by atoms with E-state index in [2.05, 4.69) is 83.3 Å².